The van der Waals surface area contributed by atoms with Crippen molar-refractivity contribution < 1.29 is 27.6 Å². The van der Waals surface area contributed by atoms with Crippen LogP contribution in [0.25, 0.3) is 28.0 Å². The Kier molecular flexibility index (Phi) is 6.48. The number of phenols is 1. The highest BCUT2D eigenvalue weighted by molar-refractivity contribution is 6.07. The number of nitrogens with zero attached hydrogens (tertiary/aromatic N) is 6. The predicted molar refractivity (Wildman–Crippen MR) is 167 cm³/mol. The average Bonchev–Trinajstić information content (AvgIpc) is 3.15. The standard InChI is InChI=1S/C33H32F2N6O4/c1-6-24(43)39-12-13-40-19(16-39)14-25(44)38(5)31-30(40)20-15-22(35)28(26-21(34)8-7-9-23(26)42)37-32(20)41(33(31)45)29-18(4)10-11-36-27(29)17(2)3/h6-11,15,17,19,42H,1,12-14,16H2,2-5H3/t19-/m0/s1/i5D3. The molecule has 1 fully saturated rings. The van der Waals surface area contributed by atoms with E-state index in [1.54, 1.807) is 24.1 Å². The van der Waals surface area contributed by atoms with Gasteiger partial charge in [-0.25, -0.2) is 13.8 Å². The molecule has 3 aromatic heterocycles. The van der Waals surface area contributed by atoms with Gasteiger partial charge in [0.15, 0.2) is 11.5 Å². The number of pyridine rings is 3. The van der Waals surface area contributed by atoms with E-state index in [0.29, 0.717) is 16.2 Å². The minimum Gasteiger partial charge on any atom is -0.507 e. The largest absolute Gasteiger partial charge is 0.507 e. The van der Waals surface area contributed by atoms with Gasteiger partial charge in [0, 0.05) is 48.7 Å². The zero-order chi connectivity index (χ0) is 34.8. The molecule has 4 aromatic rings. The molecule has 0 aliphatic carbocycles. The van der Waals surface area contributed by atoms with Gasteiger partial charge in [-0.3, -0.25) is 23.9 Å². The van der Waals surface area contributed by atoms with E-state index in [1.807, 2.05) is 13.8 Å². The third-order valence-corrected chi connectivity index (χ3v) is 8.35. The Labute approximate surface area is 262 Å². The molecule has 10 nitrogen and oxygen atoms in total. The van der Waals surface area contributed by atoms with Gasteiger partial charge in [-0.2, -0.15) is 0 Å². The zero-order valence-electron chi connectivity index (χ0n) is 27.8. The van der Waals surface area contributed by atoms with Crippen LogP contribution in [0.3, 0.4) is 0 Å². The van der Waals surface area contributed by atoms with Crippen LogP contribution in [-0.4, -0.2) is 69.0 Å². The van der Waals surface area contributed by atoms with Gasteiger partial charge in [-0.15, -0.1) is 0 Å². The molecule has 12 heteroatoms. The lowest BCUT2D eigenvalue weighted by molar-refractivity contribution is -0.127. The molecule has 1 atom stereocenters. The lowest BCUT2D eigenvalue weighted by Gasteiger charge is -2.42. The molecule has 1 aromatic carbocycles. The number of halogens is 2. The molecule has 2 amide bonds. The molecule has 0 unspecified atom stereocenters. The summed E-state index contributed by atoms with van der Waals surface area (Å²) in [5, 5.41) is 10.5. The van der Waals surface area contributed by atoms with Crippen LogP contribution >= 0.6 is 0 Å². The predicted octanol–water partition coefficient (Wildman–Crippen LogP) is 4.43. The van der Waals surface area contributed by atoms with Crippen LogP contribution in [0.2, 0.25) is 0 Å². The summed E-state index contributed by atoms with van der Waals surface area (Å²) in [7, 11) is 0. The van der Waals surface area contributed by atoms with Gasteiger partial charge in [-0.05, 0) is 48.7 Å². The Balaban J connectivity index is 1.81. The molecule has 1 N–H and O–H groups in total. The van der Waals surface area contributed by atoms with E-state index >= 15 is 13.6 Å². The maximum absolute atomic E-state index is 16.3. The van der Waals surface area contributed by atoms with Gasteiger partial charge in [0.2, 0.25) is 11.8 Å². The monoisotopic (exact) mass is 617 g/mol. The number of carbonyl (C=O) groups excluding carboxylic acids is 2. The second-order valence-electron chi connectivity index (χ2n) is 11.4. The number of hydrogen-bond acceptors (Lipinski definition) is 7. The van der Waals surface area contributed by atoms with Crippen molar-refractivity contribution in [3.05, 3.63) is 82.4 Å². The van der Waals surface area contributed by atoms with Gasteiger partial charge < -0.3 is 19.8 Å². The molecule has 6 rings (SSSR count). The van der Waals surface area contributed by atoms with E-state index in [0.717, 1.165) is 22.8 Å². The third-order valence-electron chi connectivity index (χ3n) is 8.35. The molecule has 2 aliphatic heterocycles. The lowest BCUT2D eigenvalue weighted by Crippen LogP contribution is -2.55. The van der Waals surface area contributed by atoms with Gasteiger partial charge >= 0.3 is 0 Å². The minimum absolute atomic E-state index is 0.00818. The van der Waals surface area contributed by atoms with E-state index in [2.05, 4.69) is 16.5 Å². The maximum Gasteiger partial charge on any atom is 0.283 e. The van der Waals surface area contributed by atoms with Crippen molar-refractivity contribution in [1.82, 2.24) is 19.4 Å². The van der Waals surface area contributed by atoms with Crippen LogP contribution in [0.4, 0.5) is 20.2 Å². The molecule has 5 heterocycles. The number of anilines is 2. The highest BCUT2D eigenvalue weighted by atomic mass is 19.1. The topological polar surface area (TPSA) is 112 Å². The fraction of sp³-hybridized carbons (Fsp3) is 0.303. The van der Waals surface area contributed by atoms with Gasteiger partial charge in [-0.1, -0.05) is 26.5 Å². The third kappa shape index (κ3) is 4.71. The first-order chi connectivity index (χ1) is 22.6. The van der Waals surface area contributed by atoms with Crippen LogP contribution in [0.5, 0.6) is 5.75 Å². The van der Waals surface area contributed by atoms with E-state index in [-0.39, 0.29) is 54.4 Å². The highest BCUT2D eigenvalue weighted by Crippen LogP contribution is 2.42. The van der Waals surface area contributed by atoms with Crippen molar-refractivity contribution in [1.29, 1.82) is 0 Å². The fourth-order valence-corrected chi connectivity index (χ4v) is 6.23. The minimum atomic E-state index is -3.14. The number of fused-ring (bicyclic) bond motifs is 5. The summed E-state index contributed by atoms with van der Waals surface area (Å²) in [4.78, 5) is 54.0. The highest BCUT2D eigenvalue weighted by Gasteiger charge is 2.40. The number of benzene rings is 1. The first-order valence-corrected chi connectivity index (χ1v) is 14.4. The van der Waals surface area contributed by atoms with Crippen molar-refractivity contribution in [3.63, 3.8) is 0 Å². The summed E-state index contributed by atoms with van der Waals surface area (Å²) in [6.07, 6.45) is 2.30. The molecular formula is C33H32F2N6O4. The fourth-order valence-electron chi connectivity index (χ4n) is 6.23. The van der Waals surface area contributed by atoms with Crippen molar-refractivity contribution >= 4 is 34.2 Å². The number of amides is 2. The van der Waals surface area contributed by atoms with Crippen molar-refractivity contribution in [2.24, 2.45) is 0 Å². The van der Waals surface area contributed by atoms with Crippen molar-refractivity contribution in [2.75, 3.05) is 36.4 Å². The molecule has 0 bridgehead atoms. The molecule has 2 aliphatic rings. The Morgan fingerprint density at radius 3 is 2.62 bits per heavy atom. The maximum atomic E-state index is 16.3. The Morgan fingerprint density at radius 2 is 1.93 bits per heavy atom. The number of piperazine rings is 1. The smallest absolute Gasteiger partial charge is 0.283 e. The van der Waals surface area contributed by atoms with Crippen LogP contribution in [0.15, 0.2) is 54.0 Å². The number of carbonyl (C=O) groups is 2. The zero-order valence-corrected chi connectivity index (χ0v) is 24.8. The second kappa shape index (κ2) is 11.1. The van der Waals surface area contributed by atoms with Gasteiger partial charge in [0.05, 0.1) is 28.7 Å². The summed E-state index contributed by atoms with van der Waals surface area (Å²) in [5.74, 6) is -4.19. The van der Waals surface area contributed by atoms with Crippen LogP contribution in [0, 0.1) is 18.6 Å². The van der Waals surface area contributed by atoms with Crippen molar-refractivity contribution in [2.45, 2.75) is 39.2 Å². The molecule has 0 saturated carbocycles. The second-order valence-corrected chi connectivity index (χ2v) is 11.4. The van der Waals surface area contributed by atoms with E-state index in [1.165, 1.54) is 17.0 Å². The summed E-state index contributed by atoms with van der Waals surface area (Å²) in [6.45, 7) is 5.94. The Morgan fingerprint density at radius 1 is 1.16 bits per heavy atom. The first kappa shape index (κ1) is 26.3. The average molecular weight is 618 g/mol. The molecular weight excluding hydrogens is 582 g/mol. The number of aromatic nitrogens is 3. The number of aromatic hydroxyl groups is 1. The quantitative estimate of drug-likeness (QED) is 0.337. The Hall–Kier alpha value is -5.13. The Bertz CT molecular complexity index is 2060. The SMILES string of the molecule is [2H]C([2H])([2H])N1C(=O)C[C@H]2CN(C(=O)C=C)CCN2c2c1c(=O)n(-c1c(C)ccnc1C(C)C)c1nc(-c3c(O)cccc3F)c(F)cc21. The molecule has 0 spiro atoms. The van der Waals surface area contributed by atoms with E-state index in [9.17, 15) is 14.7 Å². The van der Waals surface area contributed by atoms with Gasteiger partial charge in [0.25, 0.3) is 5.56 Å². The van der Waals surface area contributed by atoms with Crippen LogP contribution < -0.4 is 15.4 Å². The van der Waals surface area contributed by atoms with Crippen LogP contribution in [0.1, 0.15) is 41.6 Å². The summed E-state index contributed by atoms with van der Waals surface area (Å²) in [5.41, 5.74) is -1.64. The van der Waals surface area contributed by atoms with E-state index < -0.39 is 64.7 Å². The number of aryl methyl sites for hydroxylation is 1. The summed E-state index contributed by atoms with van der Waals surface area (Å²) < 4.78 is 57.7. The molecule has 1 saturated heterocycles. The summed E-state index contributed by atoms with van der Waals surface area (Å²) in [6, 6.07) is 5.28. The number of phenolic OH excluding ortho intramolecular Hbond substituents is 1. The van der Waals surface area contributed by atoms with Crippen molar-refractivity contribution in [3.8, 4) is 22.7 Å². The lowest BCUT2D eigenvalue weighted by atomic mass is 10.0. The van der Waals surface area contributed by atoms with E-state index in [4.69, 9.17) is 4.11 Å². The summed E-state index contributed by atoms with van der Waals surface area (Å²) >= 11 is 0. The number of hydrogen-bond donors (Lipinski definition) is 1. The normalized spacial score (nSPS) is 17.8. The van der Waals surface area contributed by atoms with Crippen LogP contribution in [-0.2, 0) is 9.59 Å². The molecule has 0 radical (unpaired) electrons. The first-order valence-electron chi connectivity index (χ1n) is 15.9. The molecule has 45 heavy (non-hydrogen) atoms. The molecule has 232 valence electrons. The van der Waals surface area contributed by atoms with Gasteiger partial charge in [0.1, 0.15) is 22.9 Å². The number of rotatable bonds is 4.